The normalized spacial score (nSPS) is 15.0. The van der Waals surface area contributed by atoms with Gasteiger partial charge < -0.3 is 9.30 Å². The van der Waals surface area contributed by atoms with Crippen molar-refractivity contribution in [1.29, 1.82) is 0 Å². The Balaban J connectivity index is 1.47. The number of halogens is 1. The zero-order valence-electron chi connectivity index (χ0n) is 24.1. The minimum atomic E-state index is -0.736. The highest BCUT2D eigenvalue weighted by Crippen LogP contribution is 2.32. The van der Waals surface area contributed by atoms with Crippen LogP contribution in [-0.4, -0.2) is 26.1 Å². The van der Waals surface area contributed by atoms with Crippen molar-refractivity contribution in [3.05, 3.63) is 142 Å². The number of para-hydroxylation sites is 1. The number of nitro benzene ring substituents is 1. The van der Waals surface area contributed by atoms with E-state index < -0.39 is 16.9 Å². The highest BCUT2D eigenvalue weighted by atomic mass is 35.5. The lowest BCUT2D eigenvalue weighted by atomic mass is 9.96. The number of nitrogens with zero attached hydrogens (tertiary/aromatic N) is 4. The predicted molar refractivity (Wildman–Crippen MR) is 171 cm³/mol. The molecule has 2 aromatic heterocycles. The fourth-order valence-electron chi connectivity index (χ4n) is 5.40. The van der Waals surface area contributed by atoms with E-state index in [0.29, 0.717) is 37.7 Å². The van der Waals surface area contributed by atoms with Crippen LogP contribution in [-0.2, 0) is 16.1 Å². The monoisotopic (exact) mass is 626 g/mol. The Labute approximate surface area is 260 Å². The molecule has 222 valence electrons. The number of esters is 1. The lowest BCUT2D eigenvalue weighted by Crippen LogP contribution is -2.40. The second-order valence-electron chi connectivity index (χ2n) is 10.7. The van der Waals surface area contributed by atoms with Gasteiger partial charge in [0.15, 0.2) is 4.80 Å². The van der Waals surface area contributed by atoms with Crippen LogP contribution in [0.1, 0.15) is 43.5 Å². The number of thiazole rings is 1. The van der Waals surface area contributed by atoms with Gasteiger partial charge in [0.25, 0.3) is 11.2 Å². The number of benzene rings is 3. The van der Waals surface area contributed by atoms with Gasteiger partial charge in [-0.25, -0.2) is 9.79 Å². The first-order chi connectivity index (χ1) is 21.1. The summed E-state index contributed by atoms with van der Waals surface area (Å²) in [5.41, 5.74) is 3.97. The van der Waals surface area contributed by atoms with Crippen molar-refractivity contribution in [3.8, 4) is 0 Å². The van der Waals surface area contributed by atoms with E-state index >= 15 is 0 Å². The third kappa shape index (κ3) is 5.49. The molecule has 5 aromatic rings. The van der Waals surface area contributed by atoms with Gasteiger partial charge in [0.05, 0.1) is 32.9 Å². The third-order valence-corrected chi connectivity index (χ3v) is 8.61. The maximum absolute atomic E-state index is 14.1. The molecule has 3 aromatic carbocycles. The van der Waals surface area contributed by atoms with E-state index in [9.17, 15) is 19.7 Å². The summed E-state index contributed by atoms with van der Waals surface area (Å²) in [4.78, 5) is 43.2. The lowest BCUT2D eigenvalue weighted by Gasteiger charge is -2.25. The van der Waals surface area contributed by atoms with Crippen LogP contribution in [0.25, 0.3) is 17.0 Å². The van der Waals surface area contributed by atoms with Crippen molar-refractivity contribution in [1.82, 2.24) is 9.13 Å². The molecule has 0 amide bonds. The Hall–Kier alpha value is -4.80. The second kappa shape index (κ2) is 11.7. The Morgan fingerprint density at radius 2 is 1.82 bits per heavy atom. The number of hydrogen-bond acceptors (Lipinski definition) is 7. The largest absolute Gasteiger partial charge is 0.459 e. The highest BCUT2D eigenvalue weighted by molar-refractivity contribution is 7.07. The molecule has 1 aliphatic heterocycles. The van der Waals surface area contributed by atoms with E-state index in [1.807, 2.05) is 36.5 Å². The first kappa shape index (κ1) is 29.3. The number of carbonyl (C=O) groups excluding carboxylic acids is 1. The van der Waals surface area contributed by atoms with E-state index in [2.05, 4.69) is 9.56 Å². The Bertz CT molecular complexity index is 2140. The summed E-state index contributed by atoms with van der Waals surface area (Å²) in [7, 11) is 0. The van der Waals surface area contributed by atoms with Crippen LogP contribution < -0.4 is 14.9 Å². The maximum Gasteiger partial charge on any atom is 0.338 e. The quantitative estimate of drug-likeness (QED) is 0.130. The molecule has 0 saturated carbocycles. The molecule has 3 heterocycles. The molecule has 0 aliphatic carbocycles. The van der Waals surface area contributed by atoms with Gasteiger partial charge in [-0.3, -0.25) is 19.5 Å². The summed E-state index contributed by atoms with van der Waals surface area (Å²) in [6.45, 7) is 5.80. The van der Waals surface area contributed by atoms with E-state index in [0.717, 1.165) is 22.0 Å². The van der Waals surface area contributed by atoms with Crippen LogP contribution in [0.5, 0.6) is 0 Å². The number of fused-ring (bicyclic) bond motifs is 2. The first-order valence-electron chi connectivity index (χ1n) is 13.9. The van der Waals surface area contributed by atoms with E-state index in [-0.39, 0.29) is 17.4 Å². The predicted octanol–water partition coefficient (Wildman–Crippen LogP) is 5.75. The van der Waals surface area contributed by atoms with E-state index in [1.165, 1.54) is 23.5 Å². The van der Waals surface area contributed by atoms with Crippen LogP contribution in [0.3, 0.4) is 0 Å². The molecule has 44 heavy (non-hydrogen) atoms. The number of hydrogen-bond donors (Lipinski definition) is 0. The summed E-state index contributed by atoms with van der Waals surface area (Å²) >= 11 is 7.43. The molecular weight excluding hydrogens is 600 g/mol. The van der Waals surface area contributed by atoms with Crippen molar-refractivity contribution in [2.24, 2.45) is 4.99 Å². The minimum absolute atomic E-state index is 0.0370. The van der Waals surface area contributed by atoms with E-state index in [1.54, 1.807) is 61.7 Å². The van der Waals surface area contributed by atoms with Gasteiger partial charge in [0.2, 0.25) is 0 Å². The molecule has 0 N–H and O–H groups in total. The second-order valence-corrected chi connectivity index (χ2v) is 12.2. The average molecular weight is 627 g/mol. The summed E-state index contributed by atoms with van der Waals surface area (Å²) in [5, 5.41) is 12.6. The molecule has 0 spiro atoms. The summed E-state index contributed by atoms with van der Waals surface area (Å²) in [5.74, 6) is -0.523. The Kier molecular flexibility index (Phi) is 7.79. The standard InChI is InChI=1S/C33H27ClN4O5S/c1-19(2)43-32(40)29-20(3)35-33-37(30(29)22-10-12-24(34)13-11-22)31(39)28(44-33)16-23-18-36(27-7-5-4-6-26(23)27)17-21-8-14-25(15-9-21)38(41)42/h4-16,18-19,30H,17H2,1-3H3/b28-16-/t30-/m0/s1. The van der Waals surface area contributed by atoms with Crippen LogP contribution in [0.4, 0.5) is 5.69 Å². The Morgan fingerprint density at radius 3 is 2.50 bits per heavy atom. The van der Waals surface area contributed by atoms with Crippen molar-refractivity contribution in [2.75, 3.05) is 0 Å². The van der Waals surface area contributed by atoms with Crippen molar-refractivity contribution in [2.45, 2.75) is 39.5 Å². The number of rotatable bonds is 7. The van der Waals surface area contributed by atoms with Gasteiger partial charge in [-0.05, 0) is 56.2 Å². The molecule has 0 radical (unpaired) electrons. The van der Waals surface area contributed by atoms with Gasteiger partial charge in [-0.1, -0.05) is 65.4 Å². The molecule has 11 heteroatoms. The average Bonchev–Trinajstić information content (AvgIpc) is 3.49. The fraction of sp³-hybridized carbons (Fsp3) is 0.182. The first-order valence-corrected chi connectivity index (χ1v) is 15.1. The topological polar surface area (TPSA) is 109 Å². The summed E-state index contributed by atoms with van der Waals surface area (Å²) in [6, 6.07) is 20.7. The van der Waals surface area contributed by atoms with Crippen LogP contribution in [0.15, 0.2) is 100 Å². The number of aromatic nitrogens is 2. The molecule has 6 rings (SSSR count). The number of nitro groups is 1. The fourth-order valence-corrected chi connectivity index (χ4v) is 6.57. The highest BCUT2D eigenvalue weighted by Gasteiger charge is 2.33. The molecule has 0 saturated heterocycles. The van der Waals surface area contributed by atoms with Gasteiger partial charge >= 0.3 is 5.97 Å². The third-order valence-electron chi connectivity index (χ3n) is 7.38. The van der Waals surface area contributed by atoms with Gasteiger partial charge in [-0.15, -0.1) is 0 Å². The van der Waals surface area contributed by atoms with E-state index in [4.69, 9.17) is 16.3 Å². The summed E-state index contributed by atoms with van der Waals surface area (Å²) in [6.07, 6.45) is 3.47. The molecule has 9 nitrogen and oxygen atoms in total. The van der Waals surface area contributed by atoms with Crippen LogP contribution in [0, 0.1) is 10.1 Å². The molecule has 1 atom stereocenters. The van der Waals surface area contributed by atoms with Gasteiger partial charge in [0.1, 0.15) is 0 Å². The number of ether oxygens (including phenoxy) is 1. The van der Waals surface area contributed by atoms with Crippen molar-refractivity contribution < 1.29 is 14.5 Å². The minimum Gasteiger partial charge on any atom is -0.459 e. The number of allylic oxidation sites excluding steroid dienone is 1. The SMILES string of the molecule is CC1=C(C(=O)OC(C)C)[C@H](c2ccc(Cl)cc2)n2c(s/c(=C\c3cn(Cc4ccc([N+](=O)[O-])cc4)c4ccccc34)c2=O)=N1. The molecule has 1 aliphatic rings. The van der Waals surface area contributed by atoms with Crippen molar-refractivity contribution in [3.63, 3.8) is 0 Å². The van der Waals surface area contributed by atoms with Gasteiger partial charge in [0, 0.05) is 46.4 Å². The van der Waals surface area contributed by atoms with Crippen LogP contribution >= 0.6 is 22.9 Å². The summed E-state index contributed by atoms with van der Waals surface area (Å²) < 4.78 is 9.65. The zero-order valence-corrected chi connectivity index (χ0v) is 25.6. The molecular formula is C33H27ClN4O5S. The lowest BCUT2D eigenvalue weighted by molar-refractivity contribution is -0.384. The Morgan fingerprint density at radius 1 is 1.11 bits per heavy atom. The molecule has 0 unspecified atom stereocenters. The number of carbonyl (C=O) groups is 1. The van der Waals surface area contributed by atoms with Gasteiger partial charge in [-0.2, -0.15) is 0 Å². The number of non-ortho nitro benzene ring substituents is 1. The molecule has 0 fully saturated rings. The zero-order chi connectivity index (χ0) is 31.1. The molecule has 0 bridgehead atoms. The maximum atomic E-state index is 14.1. The van der Waals surface area contributed by atoms with Crippen molar-refractivity contribution >= 4 is 51.6 Å². The smallest absolute Gasteiger partial charge is 0.338 e. The van der Waals surface area contributed by atoms with Crippen LogP contribution in [0.2, 0.25) is 5.02 Å².